The quantitative estimate of drug-likeness (QED) is 0.103. The maximum Gasteiger partial charge on any atom is 0.329 e. The van der Waals surface area contributed by atoms with Crippen molar-refractivity contribution >= 4 is 63.6 Å². The van der Waals surface area contributed by atoms with Gasteiger partial charge in [0, 0.05) is 88.9 Å². The number of nitriles is 1. The number of rotatable bonds is 13. The number of likely N-dealkylation sites (tertiary alicyclic amines) is 1. The van der Waals surface area contributed by atoms with Crippen LogP contribution in [0, 0.1) is 28.4 Å². The maximum atomic E-state index is 15.8. The summed E-state index contributed by atoms with van der Waals surface area (Å²) in [5.41, 5.74) is 1.66. The molecule has 6 heterocycles. The Kier molecular flexibility index (Phi) is 11.6. The van der Waals surface area contributed by atoms with Crippen LogP contribution in [0.2, 0.25) is 0 Å². The number of imide groups is 1. The number of carbonyl (C=O) groups is 2. The lowest BCUT2D eigenvalue weighted by molar-refractivity contribution is -0.108. The van der Waals surface area contributed by atoms with Crippen LogP contribution in [-0.4, -0.2) is 118 Å². The van der Waals surface area contributed by atoms with Gasteiger partial charge < -0.3 is 28.7 Å². The Hall–Kier alpha value is -5.85. The number of aryl methyl sites for hydroxylation is 1. The summed E-state index contributed by atoms with van der Waals surface area (Å²) in [6.45, 7) is 7.37. The number of anilines is 3. The fraction of sp³-hybridized carbons (Fsp3) is 0.478. The molecule has 17 nitrogen and oxygen atoms in total. The summed E-state index contributed by atoms with van der Waals surface area (Å²) < 4.78 is 57.2. The molecule has 3 aromatic carbocycles. The van der Waals surface area contributed by atoms with Gasteiger partial charge in [-0.1, -0.05) is 6.92 Å². The lowest BCUT2D eigenvalue weighted by Crippen LogP contribution is -2.67. The molecule has 4 saturated heterocycles. The van der Waals surface area contributed by atoms with Crippen molar-refractivity contribution in [3.8, 4) is 17.6 Å². The molecule has 10 rings (SSSR count). The van der Waals surface area contributed by atoms with Crippen molar-refractivity contribution in [2.45, 2.75) is 69.2 Å². The van der Waals surface area contributed by atoms with E-state index >= 15 is 8.78 Å². The number of fused-ring (bicyclic) bond motifs is 2. The minimum Gasteiger partial charge on any atom is -0.453 e. The van der Waals surface area contributed by atoms with Gasteiger partial charge in [-0.2, -0.15) is 10.4 Å². The molecule has 1 atom stereocenters. The van der Waals surface area contributed by atoms with Gasteiger partial charge >= 0.3 is 6.03 Å². The van der Waals surface area contributed by atoms with E-state index < -0.39 is 11.8 Å². The Morgan fingerprint density at radius 3 is 2.59 bits per heavy atom. The van der Waals surface area contributed by atoms with Crippen LogP contribution in [0.5, 0.6) is 11.5 Å². The Morgan fingerprint density at radius 2 is 1.86 bits per heavy atom. The van der Waals surface area contributed by atoms with Gasteiger partial charge in [-0.15, -0.1) is 0 Å². The Labute approximate surface area is 383 Å². The van der Waals surface area contributed by atoms with E-state index in [0.717, 1.165) is 65.0 Å². The number of nitrogens with zero attached hydrogens (tertiary/aromatic N) is 9. The van der Waals surface area contributed by atoms with E-state index in [2.05, 4.69) is 36.0 Å². The molecule has 1 unspecified atom stereocenters. The summed E-state index contributed by atoms with van der Waals surface area (Å²) in [5.74, 6) is -0.795. The third kappa shape index (κ3) is 7.89. The van der Waals surface area contributed by atoms with E-state index in [4.69, 9.17) is 14.2 Å². The smallest absolute Gasteiger partial charge is 0.329 e. The summed E-state index contributed by atoms with van der Waals surface area (Å²) >= 11 is 1.30. The van der Waals surface area contributed by atoms with Crippen molar-refractivity contribution in [3.63, 3.8) is 0 Å². The first-order chi connectivity index (χ1) is 31.9. The van der Waals surface area contributed by atoms with Crippen LogP contribution in [0.1, 0.15) is 57.1 Å². The van der Waals surface area contributed by atoms with Crippen LogP contribution in [0.4, 0.5) is 30.8 Å². The van der Waals surface area contributed by atoms with Crippen LogP contribution in [0.15, 0.2) is 53.6 Å². The first-order valence-electron chi connectivity index (χ1n) is 22.4. The van der Waals surface area contributed by atoms with Gasteiger partial charge in [-0.25, -0.2) is 22.9 Å². The SMILES string of the molecule is CCCN(C(=O)NC=O)c1nn(C)c2cc(N3CC4(CC(N5CCC6(CC5)CC(n5cnc7ccc(Oc8c(F)ccc(NSN9CC(OC)C9)c8C#N)cc7c5=O)CO6)C4)C3)c(F)cc12. The van der Waals surface area contributed by atoms with E-state index in [-0.39, 0.29) is 51.6 Å². The van der Waals surface area contributed by atoms with Crippen molar-refractivity contribution in [2.24, 2.45) is 12.5 Å². The first-order valence-corrected chi connectivity index (χ1v) is 23.1. The molecule has 0 radical (unpaired) electrons. The number of benzene rings is 3. The predicted molar refractivity (Wildman–Crippen MR) is 244 cm³/mol. The van der Waals surface area contributed by atoms with Gasteiger partial charge in [-0.05, 0) is 81.0 Å². The number of aromatic nitrogens is 4. The Bertz CT molecular complexity index is 2810. The zero-order valence-electron chi connectivity index (χ0n) is 37.0. The van der Waals surface area contributed by atoms with E-state index in [1.54, 1.807) is 54.0 Å². The number of hydrogen-bond donors (Lipinski definition) is 2. The normalized spacial score (nSPS) is 20.5. The number of piperidine rings is 1. The molecule has 2 spiro atoms. The summed E-state index contributed by atoms with van der Waals surface area (Å²) in [6, 6.07) is 12.5. The number of ether oxygens (including phenoxy) is 3. The van der Waals surface area contributed by atoms with Gasteiger partial charge in [0.2, 0.25) is 6.41 Å². The van der Waals surface area contributed by atoms with Gasteiger partial charge in [0.25, 0.3) is 5.56 Å². The number of urea groups is 1. The van der Waals surface area contributed by atoms with E-state index in [1.807, 2.05) is 11.2 Å². The highest BCUT2D eigenvalue weighted by atomic mass is 32.2. The molecule has 0 bridgehead atoms. The third-order valence-corrected chi connectivity index (χ3v) is 15.1. The number of hydrogen-bond acceptors (Lipinski definition) is 14. The van der Waals surface area contributed by atoms with Gasteiger partial charge in [-0.3, -0.25) is 29.1 Å². The largest absolute Gasteiger partial charge is 0.453 e. The average molecular weight is 924 g/mol. The number of carbonyl (C=O) groups excluding carboxylic acids is 2. The zero-order chi connectivity index (χ0) is 45.9. The van der Waals surface area contributed by atoms with Crippen LogP contribution >= 0.6 is 12.1 Å². The number of halogens is 2. The van der Waals surface area contributed by atoms with Crippen molar-refractivity contribution in [1.82, 2.24) is 33.9 Å². The van der Waals surface area contributed by atoms with Crippen molar-refractivity contribution < 1.29 is 32.6 Å². The minimum atomic E-state index is -0.703. The molecule has 2 aromatic heterocycles. The lowest BCUT2D eigenvalue weighted by Gasteiger charge is -2.62. The monoisotopic (exact) mass is 923 g/mol. The van der Waals surface area contributed by atoms with Crippen molar-refractivity contribution in [1.29, 1.82) is 5.26 Å². The minimum absolute atomic E-state index is 0.00588. The zero-order valence-corrected chi connectivity index (χ0v) is 37.8. The molecule has 3 amide bonds. The average Bonchev–Trinajstić information content (AvgIpc) is 3.82. The fourth-order valence-electron chi connectivity index (χ4n) is 10.5. The molecule has 5 fully saturated rings. The van der Waals surface area contributed by atoms with Gasteiger partial charge in [0.15, 0.2) is 17.4 Å². The second kappa shape index (κ2) is 17.4. The second-order valence-electron chi connectivity index (χ2n) is 18.3. The van der Waals surface area contributed by atoms with Crippen LogP contribution in [-0.2, 0) is 21.3 Å². The summed E-state index contributed by atoms with van der Waals surface area (Å²) in [6.07, 6.45) is 7.16. The Balaban J connectivity index is 0.745. The standard InChI is InChI=1S/C46H51F2N11O6S/c1-4-11-58(44(62)51-27-60)42-33-15-36(48)40(16-39(33)54(2)52-42)56-24-45(25-56)17-28(18-45)55-12-9-46(10-13-55)19-29(23-64-46)59-26-50-37-7-5-30(14-32(37)43(59)61)65-41-34(20-49)38(8-6-35(41)47)53-66-57-21-31(22-57)63-3/h5-8,14-16,26-29,31,53H,4,9-13,17-19,21-25H2,1-3H3,(H,51,60,62). The topological polar surface area (TPSA) is 175 Å². The molecule has 4 aliphatic heterocycles. The van der Waals surface area contributed by atoms with Crippen molar-refractivity contribution in [3.05, 3.63) is 76.3 Å². The molecule has 5 aromatic rings. The lowest BCUT2D eigenvalue weighted by atomic mass is 9.59. The molecule has 20 heteroatoms. The molecule has 1 saturated carbocycles. The Morgan fingerprint density at radius 1 is 1.08 bits per heavy atom. The highest BCUT2D eigenvalue weighted by molar-refractivity contribution is 7.98. The van der Waals surface area contributed by atoms with Crippen LogP contribution in [0.3, 0.4) is 0 Å². The second-order valence-corrected chi connectivity index (χ2v) is 19.2. The molecule has 2 N–H and O–H groups in total. The highest BCUT2D eigenvalue weighted by Gasteiger charge is 2.55. The number of methoxy groups -OCH3 is 1. The number of amides is 3. The molecule has 1 aliphatic carbocycles. The van der Waals surface area contributed by atoms with E-state index in [9.17, 15) is 19.6 Å². The van der Waals surface area contributed by atoms with E-state index in [0.29, 0.717) is 77.4 Å². The fourth-order valence-corrected chi connectivity index (χ4v) is 11.4. The maximum absolute atomic E-state index is 15.8. The number of nitrogens with one attached hydrogen (secondary N) is 2. The molecular formula is C46H51F2N11O6S. The van der Waals surface area contributed by atoms with Crippen molar-refractivity contribution in [2.75, 3.05) is 74.1 Å². The molecule has 66 heavy (non-hydrogen) atoms. The molecule has 346 valence electrons. The summed E-state index contributed by atoms with van der Waals surface area (Å²) in [5, 5.41) is 17.6. The molecular weight excluding hydrogens is 873 g/mol. The summed E-state index contributed by atoms with van der Waals surface area (Å²) in [4.78, 5) is 48.3. The first kappa shape index (κ1) is 44.0. The van der Waals surface area contributed by atoms with Gasteiger partial charge in [0.05, 0.1) is 58.5 Å². The van der Waals surface area contributed by atoms with Crippen LogP contribution < -0.4 is 30.1 Å². The van der Waals surface area contributed by atoms with Crippen LogP contribution in [0.25, 0.3) is 21.8 Å². The highest BCUT2D eigenvalue weighted by Crippen LogP contribution is 2.53. The predicted octanol–water partition coefficient (Wildman–Crippen LogP) is 6.08. The summed E-state index contributed by atoms with van der Waals surface area (Å²) in [7, 11) is 3.43. The third-order valence-electron chi connectivity index (χ3n) is 14.2. The van der Waals surface area contributed by atoms with Gasteiger partial charge in [0.1, 0.15) is 23.2 Å². The molecule has 5 aliphatic rings. The van der Waals surface area contributed by atoms with E-state index in [1.165, 1.54) is 35.2 Å².